The lowest BCUT2D eigenvalue weighted by atomic mass is 10.1. The summed E-state index contributed by atoms with van der Waals surface area (Å²) in [6, 6.07) is 0. The van der Waals surface area contributed by atoms with Crippen molar-refractivity contribution in [2.45, 2.75) is 31.5 Å². The summed E-state index contributed by atoms with van der Waals surface area (Å²) in [5.74, 6) is 4.84. The third-order valence-electron chi connectivity index (χ3n) is 2.97. The van der Waals surface area contributed by atoms with E-state index in [-0.39, 0.29) is 12.2 Å². The Balaban J connectivity index is 2.35. The molecule has 2 heterocycles. The molecule has 0 radical (unpaired) electrons. The molecule has 1 aromatic heterocycles. The molecule has 1 aromatic rings. The highest BCUT2D eigenvalue weighted by molar-refractivity contribution is 5.03. The Morgan fingerprint density at radius 3 is 2.95 bits per heavy atom. The van der Waals surface area contributed by atoms with Crippen molar-refractivity contribution >= 4 is 0 Å². The molecule has 2 unspecified atom stereocenters. The van der Waals surface area contributed by atoms with E-state index >= 15 is 0 Å². The first kappa shape index (κ1) is 13.9. The number of aromatic nitrogens is 2. The standard InChI is InChI=1S/C10H14FN3O5/c1-4-2-14(10(17)13-8(4)16)9-6(11)7(15)5(19-9)3-18-12/h2,5-7,9,15H,3,12H2,1H3,(H,13,16,17)/t5-,6?,7?,9-/m1/s1. The van der Waals surface area contributed by atoms with Crippen molar-refractivity contribution in [1.82, 2.24) is 9.55 Å². The number of ether oxygens (including phenoxy) is 1. The zero-order chi connectivity index (χ0) is 14.2. The minimum Gasteiger partial charge on any atom is -0.387 e. The number of alkyl halides is 1. The Kier molecular flexibility index (Phi) is 3.80. The highest BCUT2D eigenvalue weighted by Crippen LogP contribution is 2.30. The molecular weight excluding hydrogens is 261 g/mol. The van der Waals surface area contributed by atoms with Gasteiger partial charge in [0.2, 0.25) is 0 Å². The first-order valence-corrected chi connectivity index (χ1v) is 5.57. The maximum absolute atomic E-state index is 13.9. The van der Waals surface area contributed by atoms with Crippen LogP contribution in [0, 0.1) is 6.92 Å². The highest BCUT2D eigenvalue weighted by Gasteiger charge is 2.45. The predicted molar refractivity (Wildman–Crippen MR) is 61.0 cm³/mol. The zero-order valence-electron chi connectivity index (χ0n) is 10.1. The van der Waals surface area contributed by atoms with Crippen LogP contribution in [0.25, 0.3) is 0 Å². The molecule has 9 heteroatoms. The number of aliphatic hydroxyl groups excluding tert-OH is 1. The van der Waals surface area contributed by atoms with Gasteiger partial charge < -0.3 is 14.7 Å². The lowest BCUT2D eigenvalue weighted by Crippen LogP contribution is -2.36. The summed E-state index contributed by atoms with van der Waals surface area (Å²) in [6.45, 7) is 1.25. The number of aliphatic hydroxyl groups is 1. The topological polar surface area (TPSA) is 120 Å². The van der Waals surface area contributed by atoms with E-state index in [9.17, 15) is 19.1 Å². The summed E-state index contributed by atoms with van der Waals surface area (Å²) in [5.41, 5.74) is -1.15. The zero-order valence-corrected chi connectivity index (χ0v) is 10.1. The van der Waals surface area contributed by atoms with Crippen LogP contribution in [0.3, 0.4) is 0 Å². The fourth-order valence-electron chi connectivity index (χ4n) is 1.94. The molecule has 19 heavy (non-hydrogen) atoms. The maximum atomic E-state index is 13.9. The van der Waals surface area contributed by atoms with E-state index in [0.29, 0.717) is 0 Å². The molecule has 4 N–H and O–H groups in total. The second kappa shape index (κ2) is 5.21. The molecule has 8 nitrogen and oxygen atoms in total. The van der Waals surface area contributed by atoms with Crippen molar-refractivity contribution < 1.29 is 19.1 Å². The van der Waals surface area contributed by atoms with E-state index in [0.717, 1.165) is 4.57 Å². The Labute approximate surface area is 106 Å². The smallest absolute Gasteiger partial charge is 0.330 e. The molecular formula is C10H14FN3O5. The summed E-state index contributed by atoms with van der Waals surface area (Å²) in [7, 11) is 0. The van der Waals surface area contributed by atoms with Gasteiger partial charge in [-0.2, -0.15) is 0 Å². The van der Waals surface area contributed by atoms with Crippen molar-refractivity contribution in [2.24, 2.45) is 5.90 Å². The van der Waals surface area contributed by atoms with Gasteiger partial charge in [0.1, 0.15) is 12.2 Å². The van der Waals surface area contributed by atoms with Crippen LogP contribution >= 0.6 is 0 Å². The predicted octanol–water partition coefficient (Wildman–Crippen LogP) is -1.67. The Bertz CT molecular complexity index is 571. The molecule has 1 aliphatic heterocycles. The van der Waals surface area contributed by atoms with Gasteiger partial charge in [0, 0.05) is 11.8 Å². The van der Waals surface area contributed by atoms with Gasteiger partial charge in [-0.15, -0.1) is 0 Å². The second-order valence-corrected chi connectivity index (χ2v) is 4.31. The largest absolute Gasteiger partial charge is 0.387 e. The summed E-state index contributed by atoms with van der Waals surface area (Å²) < 4.78 is 20.0. The SMILES string of the molecule is Cc1cn([C@@H]2O[C@H](CON)C(O)C2F)c(=O)[nH]c1=O. The normalized spacial score (nSPS) is 30.7. The lowest BCUT2D eigenvalue weighted by Gasteiger charge is -2.16. The second-order valence-electron chi connectivity index (χ2n) is 4.31. The molecule has 1 saturated heterocycles. The molecule has 0 aromatic carbocycles. The van der Waals surface area contributed by atoms with Crippen LogP contribution in [0.5, 0.6) is 0 Å². The number of nitrogens with zero attached hydrogens (tertiary/aromatic N) is 1. The number of hydrogen-bond acceptors (Lipinski definition) is 6. The van der Waals surface area contributed by atoms with Crippen LogP contribution in [0.2, 0.25) is 0 Å². The van der Waals surface area contributed by atoms with Crippen molar-refractivity contribution in [3.05, 3.63) is 32.6 Å². The molecule has 2 rings (SSSR count). The maximum Gasteiger partial charge on any atom is 0.330 e. The number of rotatable bonds is 3. The van der Waals surface area contributed by atoms with E-state index in [4.69, 9.17) is 10.6 Å². The van der Waals surface area contributed by atoms with Crippen LogP contribution in [-0.2, 0) is 9.57 Å². The van der Waals surface area contributed by atoms with E-state index in [1.807, 2.05) is 4.98 Å². The number of nitrogens with two attached hydrogens (primary N) is 1. The molecule has 0 amide bonds. The van der Waals surface area contributed by atoms with Gasteiger partial charge in [-0.1, -0.05) is 0 Å². The van der Waals surface area contributed by atoms with Gasteiger partial charge in [0.15, 0.2) is 12.4 Å². The average Bonchev–Trinajstić information content (AvgIpc) is 2.63. The summed E-state index contributed by atoms with van der Waals surface area (Å²) in [6.07, 6.45) is -4.44. The molecule has 4 atom stereocenters. The summed E-state index contributed by atoms with van der Waals surface area (Å²) in [5, 5.41) is 9.61. The number of nitrogens with one attached hydrogen (secondary N) is 1. The number of aromatic amines is 1. The van der Waals surface area contributed by atoms with Gasteiger partial charge in [0.05, 0.1) is 6.61 Å². The number of aryl methyl sites for hydroxylation is 1. The highest BCUT2D eigenvalue weighted by atomic mass is 19.1. The monoisotopic (exact) mass is 275 g/mol. The first-order chi connectivity index (χ1) is 8.95. The van der Waals surface area contributed by atoms with Crippen molar-refractivity contribution in [1.29, 1.82) is 0 Å². The number of H-pyrrole nitrogens is 1. The van der Waals surface area contributed by atoms with Crippen LogP contribution in [0.1, 0.15) is 11.8 Å². The Morgan fingerprint density at radius 1 is 1.63 bits per heavy atom. The summed E-state index contributed by atoms with van der Waals surface area (Å²) >= 11 is 0. The van der Waals surface area contributed by atoms with Gasteiger partial charge in [-0.3, -0.25) is 14.3 Å². The third kappa shape index (κ3) is 2.45. The van der Waals surface area contributed by atoms with Gasteiger partial charge in [-0.25, -0.2) is 15.1 Å². The number of halogens is 1. The molecule has 0 spiro atoms. The molecule has 0 bridgehead atoms. The van der Waals surface area contributed by atoms with E-state index in [1.165, 1.54) is 13.1 Å². The molecule has 0 saturated carbocycles. The van der Waals surface area contributed by atoms with Crippen LogP contribution < -0.4 is 17.1 Å². The first-order valence-electron chi connectivity index (χ1n) is 5.57. The van der Waals surface area contributed by atoms with Gasteiger partial charge in [-0.05, 0) is 6.92 Å². The van der Waals surface area contributed by atoms with Crippen molar-refractivity contribution in [3.8, 4) is 0 Å². The fourth-order valence-corrected chi connectivity index (χ4v) is 1.94. The minimum absolute atomic E-state index is 0.213. The van der Waals surface area contributed by atoms with Gasteiger partial charge >= 0.3 is 5.69 Å². The average molecular weight is 275 g/mol. The van der Waals surface area contributed by atoms with E-state index in [2.05, 4.69) is 4.84 Å². The molecule has 0 aliphatic carbocycles. The Hall–Kier alpha value is -1.55. The van der Waals surface area contributed by atoms with Gasteiger partial charge in [0.25, 0.3) is 5.56 Å². The van der Waals surface area contributed by atoms with Crippen molar-refractivity contribution in [3.63, 3.8) is 0 Å². The molecule has 1 fully saturated rings. The Morgan fingerprint density at radius 2 is 2.32 bits per heavy atom. The minimum atomic E-state index is -1.83. The van der Waals surface area contributed by atoms with E-state index < -0.39 is 35.9 Å². The van der Waals surface area contributed by atoms with Crippen LogP contribution in [0.15, 0.2) is 15.8 Å². The quantitative estimate of drug-likeness (QED) is 0.567. The third-order valence-corrected chi connectivity index (χ3v) is 2.97. The molecule has 106 valence electrons. The summed E-state index contributed by atoms with van der Waals surface area (Å²) in [4.78, 5) is 29.2. The van der Waals surface area contributed by atoms with Crippen LogP contribution in [0.4, 0.5) is 4.39 Å². The van der Waals surface area contributed by atoms with Crippen LogP contribution in [-0.4, -0.2) is 39.6 Å². The fraction of sp³-hybridized carbons (Fsp3) is 0.600. The lowest BCUT2D eigenvalue weighted by molar-refractivity contribution is -0.0660. The molecule has 1 aliphatic rings. The van der Waals surface area contributed by atoms with E-state index in [1.54, 1.807) is 0 Å². The number of hydrogen-bond donors (Lipinski definition) is 3. The van der Waals surface area contributed by atoms with Crippen molar-refractivity contribution in [2.75, 3.05) is 6.61 Å².